The summed E-state index contributed by atoms with van der Waals surface area (Å²) in [6.45, 7) is 6.00. The van der Waals surface area contributed by atoms with E-state index in [1.165, 1.54) is 0 Å². The fraction of sp³-hybridized carbons (Fsp3) is 0.292. The van der Waals surface area contributed by atoms with E-state index in [0.717, 1.165) is 22.0 Å². The molecule has 1 N–H and O–H groups in total. The summed E-state index contributed by atoms with van der Waals surface area (Å²) in [5, 5.41) is 2.48. The first-order chi connectivity index (χ1) is 15.2. The van der Waals surface area contributed by atoms with Crippen molar-refractivity contribution in [3.8, 4) is 0 Å². The molecule has 1 atom stereocenters. The zero-order valence-corrected chi connectivity index (χ0v) is 19.7. The average molecular weight is 472 g/mol. The molecule has 0 radical (unpaired) electrons. The van der Waals surface area contributed by atoms with Gasteiger partial charge in [0.25, 0.3) is 0 Å². The highest BCUT2D eigenvalue weighted by Crippen LogP contribution is 2.25. The number of carbonyl (C=O) groups excluding carboxylic acids is 1. The molecule has 1 aliphatic heterocycles. The highest BCUT2D eigenvalue weighted by Gasteiger charge is 2.28. The van der Waals surface area contributed by atoms with Crippen molar-refractivity contribution in [2.75, 3.05) is 31.1 Å². The highest BCUT2D eigenvalue weighted by molar-refractivity contribution is 7.89. The standard InChI is InChI=1S/C24H26ClN3O3S/c1-17-7-9-21(25)16-23(17)27-11-13-28(14-12-27)24(29)18(2)26-32(30,31)22-10-8-19-5-3-4-6-20(19)15-22/h3-10,15-16,18,26H,11-14H2,1-2H3/t18-/m0/s1. The van der Waals surface area contributed by atoms with Crippen molar-refractivity contribution in [3.63, 3.8) is 0 Å². The summed E-state index contributed by atoms with van der Waals surface area (Å²) in [6, 6.07) is 17.5. The Bertz CT molecular complexity index is 1250. The molecule has 0 unspecified atom stereocenters. The molecule has 1 saturated heterocycles. The maximum absolute atomic E-state index is 12.9. The molecule has 3 aromatic carbocycles. The molecular weight excluding hydrogens is 446 g/mol. The molecule has 0 aliphatic carbocycles. The van der Waals surface area contributed by atoms with Gasteiger partial charge in [0.2, 0.25) is 15.9 Å². The Kier molecular flexibility index (Phi) is 6.42. The van der Waals surface area contributed by atoms with Gasteiger partial charge in [-0.1, -0.05) is 48.0 Å². The summed E-state index contributed by atoms with van der Waals surface area (Å²) in [7, 11) is -3.82. The highest BCUT2D eigenvalue weighted by atomic mass is 35.5. The van der Waals surface area contributed by atoms with Crippen LogP contribution < -0.4 is 9.62 Å². The van der Waals surface area contributed by atoms with Gasteiger partial charge < -0.3 is 9.80 Å². The van der Waals surface area contributed by atoms with Gasteiger partial charge >= 0.3 is 0 Å². The second-order valence-electron chi connectivity index (χ2n) is 8.10. The first-order valence-electron chi connectivity index (χ1n) is 10.6. The van der Waals surface area contributed by atoms with Gasteiger partial charge in [-0.2, -0.15) is 4.72 Å². The number of piperazine rings is 1. The summed E-state index contributed by atoms with van der Waals surface area (Å²) in [6.07, 6.45) is 0. The number of carbonyl (C=O) groups is 1. The van der Waals surface area contributed by atoms with Crippen molar-refractivity contribution in [1.82, 2.24) is 9.62 Å². The lowest BCUT2D eigenvalue weighted by Crippen LogP contribution is -2.54. The third-order valence-corrected chi connectivity index (χ3v) is 7.61. The number of halogens is 1. The van der Waals surface area contributed by atoms with Crippen molar-refractivity contribution in [2.45, 2.75) is 24.8 Å². The van der Waals surface area contributed by atoms with E-state index in [2.05, 4.69) is 9.62 Å². The zero-order chi connectivity index (χ0) is 22.9. The van der Waals surface area contributed by atoms with Gasteiger partial charge in [-0.05, 0) is 54.4 Å². The summed E-state index contributed by atoms with van der Waals surface area (Å²) in [4.78, 5) is 17.0. The number of anilines is 1. The number of nitrogens with zero attached hydrogens (tertiary/aromatic N) is 2. The number of rotatable bonds is 5. The molecule has 3 aromatic rings. The van der Waals surface area contributed by atoms with Gasteiger partial charge in [0, 0.05) is 36.9 Å². The van der Waals surface area contributed by atoms with Crippen LogP contribution in [-0.2, 0) is 14.8 Å². The Morgan fingerprint density at radius 2 is 1.66 bits per heavy atom. The van der Waals surface area contributed by atoms with Gasteiger partial charge in [0.15, 0.2) is 0 Å². The van der Waals surface area contributed by atoms with Crippen LogP contribution in [-0.4, -0.2) is 51.4 Å². The summed E-state index contributed by atoms with van der Waals surface area (Å²) in [5.41, 5.74) is 2.19. The SMILES string of the molecule is Cc1ccc(Cl)cc1N1CCN(C(=O)[C@H](C)NS(=O)(=O)c2ccc3ccccc3c2)CC1. The average Bonchev–Trinajstić information content (AvgIpc) is 2.79. The van der Waals surface area contributed by atoms with Gasteiger partial charge in [-0.15, -0.1) is 0 Å². The topological polar surface area (TPSA) is 69.7 Å². The fourth-order valence-corrected chi connectivity index (χ4v) is 5.45. The fourth-order valence-electron chi connectivity index (χ4n) is 4.05. The van der Waals surface area contributed by atoms with Crippen LogP contribution >= 0.6 is 11.6 Å². The molecular formula is C24H26ClN3O3S. The smallest absolute Gasteiger partial charge is 0.241 e. The van der Waals surface area contributed by atoms with Crippen LogP contribution in [0.15, 0.2) is 65.6 Å². The number of amides is 1. The van der Waals surface area contributed by atoms with Crippen molar-refractivity contribution in [1.29, 1.82) is 0 Å². The minimum Gasteiger partial charge on any atom is -0.368 e. The predicted octanol–water partition coefficient (Wildman–Crippen LogP) is 3.82. The van der Waals surface area contributed by atoms with Crippen molar-refractivity contribution >= 4 is 44.0 Å². The van der Waals surface area contributed by atoms with Gasteiger partial charge in [0.1, 0.15) is 0 Å². The Hall–Kier alpha value is -2.61. The summed E-state index contributed by atoms with van der Waals surface area (Å²) in [5.74, 6) is -0.225. The number of nitrogens with one attached hydrogen (secondary N) is 1. The number of hydrogen-bond acceptors (Lipinski definition) is 4. The van der Waals surface area contributed by atoms with E-state index in [1.54, 1.807) is 30.0 Å². The quantitative estimate of drug-likeness (QED) is 0.614. The lowest BCUT2D eigenvalue weighted by Gasteiger charge is -2.37. The van der Waals surface area contributed by atoms with Gasteiger partial charge in [-0.25, -0.2) is 8.42 Å². The molecule has 1 fully saturated rings. The number of sulfonamides is 1. The van der Waals surface area contributed by atoms with E-state index < -0.39 is 16.1 Å². The van der Waals surface area contributed by atoms with Crippen molar-refractivity contribution in [3.05, 3.63) is 71.2 Å². The normalized spacial score (nSPS) is 15.7. The second kappa shape index (κ2) is 9.10. The van der Waals surface area contributed by atoms with E-state index in [1.807, 2.05) is 49.4 Å². The molecule has 0 bridgehead atoms. The molecule has 32 heavy (non-hydrogen) atoms. The van der Waals surface area contributed by atoms with Gasteiger partial charge in [0.05, 0.1) is 10.9 Å². The minimum absolute atomic E-state index is 0.150. The van der Waals surface area contributed by atoms with Crippen LogP contribution in [0.25, 0.3) is 10.8 Å². The first-order valence-corrected chi connectivity index (χ1v) is 12.4. The van der Waals surface area contributed by atoms with E-state index in [4.69, 9.17) is 11.6 Å². The summed E-state index contributed by atoms with van der Waals surface area (Å²) >= 11 is 6.14. The van der Waals surface area contributed by atoms with Gasteiger partial charge in [-0.3, -0.25) is 4.79 Å². The lowest BCUT2D eigenvalue weighted by atomic mass is 10.1. The Morgan fingerprint density at radius 1 is 0.969 bits per heavy atom. The molecule has 1 heterocycles. The number of benzene rings is 3. The molecule has 6 nitrogen and oxygen atoms in total. The maximum Gasteiger partial charge on any atom is 0.241 e. The molecule has 0 spiro atoms. The third kappa shape index (κ3) is 4.75. The van der Waals surface area contributed by atoms with E-state index in [9.17, 15) is 13.2 Å². The maximum atomic E-state index is 12.9. The molecule has 0 saturated carbocycles. The Labute approximate surface area is 193 Å². The van der Waals surface area contributed by atoms with Crippen molar-refractivity contribution < 1.29 is 13.2 Å². The van der Waals surface area contributed by atoms with E-state index >= 15 is 0 Å². The molecule has 168 valence electrons. The second-order valence-corrected chi connectivity index (χ2v) is 10.2. The first kappa shape index (κ1) is 22.6. The molecule has 0 aromatic heterocycles. The monoisotopic (exact) mass is 471 g/mol. The van der Waals surface area contributed by atoms with Crippen LogP contribution in [0.3, 0.4) is 0 Å². The molecule has 8 heteroatoms. The molecule has 1 aliphatic rings. The largest absolute Gasteiger partial charge is 0.368 e. The van der Waals surface area contributed by atoms with E-state index in [-0.39, 0.29) is 10.8 Å². The van der Waals surface area contributed by atoms with Crippen LogP contribution in [0.2, 0.25) is 5.02 Å². The Balaban J connectivity index is 1.40. The zero-order valence-electron chi connectivity index (χ0n) is 18.1. The van der Waals surface area contributed by atoms with Crippen LogP contribution in [0.5, 0.6) is 0 Å². The molecule has 4 rings (SSSR count). The summed E-state index contributed by atoms with van der Waals surface area (Å²) < 4.78 is 28.3. The Morgan fingerprint density at radius 3 is 2.38 bits per heavy atom. The van der Waals surface area contributed by atoms with Crippen LogP contribution in [0, 0.1) is 6.92 Å². The minimum atomic E-state index is -3.82. The van der Waals surface area contributed by atoms with Crippen LogP contribution in [0.1, 0.15) is 12.5 Å². The predicted molar refractivity (Wildman–Crippen MR) is 129 cm³/mol. The lowest BCUT2D eigenvalue weighted by molar-refractivity contribution is -0.132. The number of hydrogen-bond donors (Lipinski definition) is 1. The van der Waals surface area contributed by atoms with Crippen LogP contribution in [0.4, 0.5) is 5.69 Å². The van der Waals surface area contributed by atoms with Crippen molar-refractivity contribution in [2.24, 2.45) is 0 Å². The number of aryl methyl sites for hydroxylation is 1. The van der Waals surface area contributed by atoms with E-state index in [0.29, 0.717) is 31.2 Å². The third-order valence-electron chi connectivity index (χ3n) is 5.84. The number of fused-ring (bicyclic) bond motifs is 1. The molecule has 1 amide bonds.